The van der Waals surface area contributed by atoms with Crippen molar-refractivity contribution in [3.63, 3.8) is 0 Å². The maximum absolute atomic E-state index is 4.70. The average molecular weight is 304 g/mol. The Morgan fingerprint density at radius 2 is 2.00 bits per heavy atom. The number of hydrogen-bond donors (Lipinski definition) is 1. The summed E-state index contributed by atoms with van der Waals surface area (Å²) in [6.07, 6.45) is 0.970. The molecular weight excluding hydrogens is 284 g/mol. The molecule has 3 heterocycles. The first-order valence-corrected chi connectivity index (χ1v) is 7.80. The minimum Gasteiger partial charge on any atom is -0.351 e. The van der Waals surface area contributed by atoms with E-state index in [1.165, 1.54) is 10.3 Å². The molecule has 6 nitrogen and oxygen atoms in total. The molecule has 0 aliphatic rings. The smallest absolute Gasteiger partial charge is 0.187 e. The van der Waals surface area contributed by atoms with E-state index in [1.807, 2.05) is 25.6 Å². The predicted molar refractivity (Wildman–Crippen MR) is 86.2 cm³/mol. The summed E-state index contributed by atoms with van der Waals surface area (Å²) in [5.41, 5.74) is 5.57. The normalized spacial score (nSPS) is 11.5. The third kappa shape index (κ3) is 2.42. The zero-order valence-electron chi connectivity index (χ0n) is 13.1. The Morgan fingerprint density at radius 3 is 2.62 bits per heavy atom. The molecule has 0 aliphatic carbocycles. The average Bonchev–Trinajstić information content (AvgIpc) is 3.07. The Kier molecular flexibility index (Phi) is 3.44. The minimum absolute atomic E-state index is 0.924. The second kappa shape index (κ2) is 5.14. The van der Waals surface area contributed by atoms with Crippen LogP contribution >= 0.6 is 11.3 Å². The van der Waals surface area contributed by atoms with E-state index >= 15 is 0 Å². The van der Waals surface area contributed by atoms with Gasteiger partial charge in [-0.25, -0.2) is 9.67 Å². The van der Waals surface area contributed by atoms with Crippen LogP contribution in [0.4, 0.5) is 5.13 Å². The zero-order chi connectivity index (χ0) is 15.1. The van der Waals surface area contributed by atoms with Gasteiger partial charge < -0.3 is 4.90 Å². The Bertz CT molecular complexity index is 727. The SMILES string of the molecule is Cc1n[nH]c(C)c1CCN(C)c1nc2c(s1)c(C)nn2C. The van der Waals surface area contributed by atoms with Crippen LogP contribution in [0.15, 0.2) is 0 Å². The molecule has 7 heteroatoms. The molecule has 0 bridgehead atoms. The summed E-state index contributed by atoms with van der Waals surface area (Å²) in [7, 11) is 4.03. The molecule has 0 fully saturated rings. The number of aromatic nitrogens is 5. The molecule has 0 atom stereocenters. The van der Waals surface area contributed by atoms with E-state index in [-0.39, 0.29) is 0 Å². The number of fused-ring (bicyclic) bond motifs is 1. The van der Waals surface area contributed by atoms with Crippen molar-refractivity contribution < 1.29 is 0 Å². The van der Waals surface area contributed by atoms with Crippen molar-refractivity contribution in [3.05, 3.63) is 22.6 Å². The van der Waals surface area contributed by atoms with E-state index in [0.29, 0.717) is 0 Å². The molecule has 3 rings (SSSR count). The lowest BCUT2D eigenvalue weighted by Gasteiger charge is -2.15. The number of likely N-dealkylation sites (N-methyl/N-ethyl adjacent to an activating group) is 1. The molecule has 0 saturated carbocycles. The van der Waals surface area contributed by atoms with Gasteiger partial charge >= 0.3 is 0 Å². The second-order valence-electron chi connectivity index (χ2n) is 5.44. The molecule has 0 spiro atoms. The lowest BCUT2D eigenvalue weighted by molar-refractivity contribution is 0.772. The number of anilines is 1. The van der Waals surface area contributed by atoms with E-state index in [2.05, 4.69) is 34.2 Å². The fraction of sp³-hybridized carbons (Fsp3) is 0.500. The van der Waals surface area contributed by atoms with E-state index in [9.17, 15) is 0 Å². The standard InChI is InChI=1S/C14H20N6S/c1-8-11(9(2)17-16-8)6-7-19(4)14-15-13-12(21-14)10(3)18-20(13)5/h6-7H2,1-5H3,(H,16,17). The van der Waals surface area contributed by atoms with Crippen molar-refractivity contribution in [3.8, 4) is 0 Å². The third-order valence-electron chi connectivity index (χ3n) is 3.84. The monoisotopic (exact) mass is 304 g/mol. The molecule has 1 N–H and O–H groups in total. The fourth-order valence-corrected chi connectivity index (χ4v) is 3.57. The number of thiazole rings is 1. The van der Waals surface area contributed by atoms with Gasteiger partial charge in [0.2, 0.25) is 0 Å². The Balaban J connectivity index is 1.78. The molecule has 3 aromatic heterocycles. The molecular formula is C14H20N6S. The summed E-state index contributed by atoms with van der Waals surface area (Å²) in [6, 6.07) is 0. The minimum atomic E-state index is 0.924. The van der Waals surface area contributed by atoms with Gasteiger partial charge in [-0.1, -0.05) is 11.3 Å². The Hall–Kier alpha value is -1.89. The number of hydrogen-bond acceptors (Lipinski definition) is 5. The highest BCUT2D eigenvalue weighted by Gasteiger charge is 2.15. The third-order valence-corrected chi connectivity index (χ3v) is 5.11. The summed E-state index contributed by atoms with van der Waals surface area (Å²) in [6.45, 7) is 7.07. The topological polar surface area (TPSA) is 62.6 Å². The zero-order valence-corrected chi connectivity index (χ0v) is 13.9. The van der Waals surface area contributed by atoms with Gasteiger partial charge in [0.05, 0.1) is 16.1 Å². The molecule has 0 aliphatic heterocycles. The van der Waals surface area contributed by atoms with Crippen LogP contribution in [0.5, 0.6) is 0 Å². The number of rotatable bonds is 4. The van der Waals surface area contributed by atoms with Crippen molar-refractivity contribution >= 4 is 26.8 Å². The maximum Gasteiger partial charge on any atom is 0.187 e. The molecule has 21 heavy (non-hydrogen) atoms. The van der Waals surface area contributed by atoms with Crippen LogP contribution in [0.25, 0.3) is 10.3 Å². The van der Waals surface area contributed by atoms with Gasteiger partial charge in [0, 0.05) is 26.3 Å². The van der Waals surface area contributed by atoms with Gasteiger partial charge in [0.15, 0.2) is 10.8 Å². The maximum atomic E-state index is 4.70. The van der Waals surface area contributed by atoms with Gasteiger partial charge in [-0.2, -0.15) is 10.2 Å². The first kappa shape index (κ1) is 14.1. The molecule has 0 unspecified atom stereocenters. The van der Waals surface area contributed by atoms with Crippen LogP contribution < -0.4 is 4.90 Å². The summed E-state index contributed by atoms with van der Waals surface area (Å²) in [5.74, 6) is 0. The van der Waals surface area contributed by atoms with Gasteiger partial charge in [0.25, 0.3) is 0 Å². The van der Waals surface area contributed by atoms with Crippen LogP contribution in [0.2, 0.25) is 0 Å². The van der Waals surface area contributed by atoms with Gasteiger partial charge in [-0.3, -0.25) is 5.10 Å². The second-order valence-corrected chi connectivity index (χ2v) is 6.42. The lowest BCUT2D eigenvalue weighted by Crippen LogP contribution is -2.20. The number of nitrogens with one attached hydrogen (secondary N) is 1. The van der Waals surface area contributed by atoms with Crippen LogP contribution in [0.1, 0.15) is 22.6 Å². The first-order chi connectivity index (χ1) is 9.97. The van der Waals surface area contributed by atoms with Crippen molar-refractivity contribution in [1.29, 1.82) is 0 Å². The summed E-state index contributed by atoms with van der Waals surface area (Å²) < 4.78 is 3.03. The molecule has 0 saturated heterocycles. The lowest BCUT2D eigenvalue weighted by atomic mass is 10.1. The number of H-pyrrole nitrogens is 1. The highest BCUT2D eigenvalue weighted by atomic mass is 32.1. The van der Waals surface area contributed by atoms with Crippen molar-refractivity contribution in [2.75, 3.05) is 18.5 Å². The number of aryl methyl sites for hydroxylation is 4. The fourth-order valence-electron chi connectivity index (χ4n) is 2.55. The highest BCUT2D eigenvalue weighted by molar-refractivity contribution is 7.22. The van der Waals surface area contributed by atoms with Crippen molar-refractivity contribution in [2.45, 2.75) is 27.2 Å². The van der Waals surface area contributed by atoms with Gasteiger partial charge in [-0.15, -0.1) is 0 Å². The molecule has 0 radical (unpaired) electrons. The van der Waals surface area contributed by atoms with Crippen LogP contribution in [0, 0.1) is 20.8 Å². The summed E-state index contributed by atoms with van der Waals surface area (Å²) >= 11 is 1.71. The summed E-state index contributed by atoms with van der Waals surface area (Å²) in [4.78, 5) is 6.90. The molecule has 112 valence electrons. The largest absolute Gasteiger partial charge is 0.351 e. The summed E-state index contributed by atoms with van der Waals surface area (Å²) in [5, 5.41) is 12.7. The Morgan fingerprint density at radius 1 is 1.24 bits per heavy atom. The number of nitrogens with zero attached hydrogens (tertiary/aromatic N) is 5. The predicted octanol–water partition coefficient (Wildman–Crippen LogP) is 2.36. The molecule has 3 aromatic rings. The van der Waals surface area contributed by atoms with Crippen molar-refractivity contribution in [1.82, 2.24) is 25.0 Å². The van der Waals surface area contributed by atoms with E-state index in [4.69, 9.17) is 4.98 Å². The van der Waals surface area contributed by atoms with Crippen molar-refractivity contribution in [2.24, 2.45) is 7.05 Å². The van der Waals surface area contributed by atoms with E-state index < -0.39 is 0 Å². The van der Waals surface area contributed by atoms with Crippen LogP contribution in [-0.2, 0) is 13.5 Å². The van der Waals surface area contributed by atoms with Gasteiger partial charge in [0.1, 0.15) is 0 Å². The van der Waals surface area contributed by atoms with Crippen LogP contribution in [-0.4, -0.2) is 38.6 Å². The highest BCUT2D eigenvalue weighted by Crippen LogP contribution is 2.30. The quantitative estimate of drug-likeness (QED) is 0.803. The van der Waals surface area contributed by atoms with E-state index in [0.717, 1.165) is 40.8 Å². The van der Waals surface area contributed by atoms with E-state index in [1.54, 1.807) is 11.3 Å². The molecule has 0 amide bonds. The van der Waals surface area contributed by atoms with Crippen LogP contribution in [0.3, 0.4) is 0 Å². The molecule has 0 aromatic carbocycles. The number of aromatic amines is 1. The van der Waals surface area contributed by atoms with Gasteiger partial charge in [-0.05, 0) is 32.8 Å². The Labute approximate surface area is 127 Å². The first-order valence-electron chi connectivity index (χ1n) is 6.99.